The molecule has 3 aromatic rings. The lowest BCUT2D eigenvalue weighted by molar-refractivity contribution is -0.112. The Balaban J connectivity index is 1.84. The zero-order valence-corrected chi connectivity index (χ0v) is 17.9. The minimum atomic E-state index is -0.719. The number of para-hydroxylation sites is 1. The van der Waals surface area contributed by atoms with Gasteiger partial charge in [0, 0.05) is 15.1 Å². The van der Waals surface area contributed by atoms with E-state index in [1.807, 2.05) is 18.2 Å². The zero-order valence-electron chi connectivity index (χ0n) is 15.5. The van der Waals surface area contributed by atoms with Gasteiger partial charge in [-0.05, 0) is 54.1 Å². The van der Waals surface area contributed by atoms with Crippen molar-refractivity contribution >= 4 is 45.2 Å². The molecule has 0 radical (unpaired) electrons. The molecule has 0 unspecified atom stereocenters. The van der Waals surface area contributed by atoms with E-state index < -0.39 is 11.7 Å². The van der Waals surface area contributed by atoms with E-state index in [1.54, 1.807) is 36.4 Å². The largest absolute Gasteiger partial charge is 0.488 e. The number of amides is 1. The third-order valence-corrected chi connectivity index (χ3v) is 4.77. The van der Waals surface area contributed by atoms with Crippen molar-refractivity contribution < 1.29 is 13.9 Å². The summed E-state index contributed by atoms with van der Waals surface area (Å²) in [5.41, 5.74) is 1.20. The Kier molecular flexibility index (Phi) is 7.23. The number of nitriles is 1. The lowest BCUT2D eigenvalue weighted by atomic mass is 10.1. The molecule has 0 saturated heterocycles. The second-order valence-corrected chi connectivity index (χ2v) is 7.56. The maximum absolute atomic E-state index is 13.8. The van der Waals surface area contributed by atoms with Gasteiger partial charge in [0.15, 0.2) is 0 Å². The van der Waals surface area contributed by atoms with Crippen LogP contribution >= 0.6 is 27.5 Å². The van der Waals surface area contributed by atoms with Crippen molar-refractivity contribution in [2.24, 2.45) is 0 Å². The number of carbonyl (C=O) groups is 1. The van der Waals surface area contributed by atoms with Crippen LogP contribution in [0.1, 0.15) is 11.1 Å². The van der Waals surface area contributed by atoms with Gasteiger partial charge < -0.3 is 10.1 Å². The van der Waals surface area contributed by atoms with Gasteiger partial charge in [-0.15, -0.1) is 0 Å². The second-order valence-electron chi connectivity index (χ2n) is 6.20. The molecule has 0 aromatic heterocycles. The highest BCUT2D eigenvalue weighted by molar-refractivity contribution is 9.10. The fourth-order valence-corrected chi connectivity index (χ4v) is 3.20. The topological polar surface area (TPSA) is 62.1 Å². The summed E-state index contributed by atoms with van der Waals surface area (Å²) >= 11 is 9.38. The molecule has 150 valence electrons. The third kappa shape index (κ3) is 5.69. The average Bonchev–Trinajstić information content (AvgIpc) is 2.73. The number of hydrogen-bond acceptors (Lipinski definition) is 3. The van der Waals surface area contributed by atoms with Crippen LogP contribution in [-0.4, -0.2) is 5.91 Å². The Morgan fingerprint density at radius 1 is 1.17 bits per heavy atom. The maximum atomic E-state index is 13.8. The van der Waals surface area contributed by atoms with Crippen molar-refractivity contribution in [1.29, 1.82) is 5.26 Å². The highest BCUT2D eigenvalue weighted by Crippen LogP contribution is 2.27. The minimum Gasteiger partial charge on any atom is -0.488 e. The first kappa shape index (κ1) is 21.6. The molecule has 3 aromatic carbocycles. The Morgan fingerprint density at radius 2 is 1.97 bits per heavy atom. The number of rotatable bonds is 6. The highest BCUT2D eigenvalue weighted by Gasteiger charge is 2.13. The van der Waals surface area contributed by atoms with Gasteiger partial charge in [0.25, 0.3) is 5.91 Å². The van der Waals surface area contributed by atoms with Gasteiger partial charge in [-0.2, -0.15) is 5.26 Å². The molecule has 0 fully saturated rings. The lowest BCUT2D eigenvalue weighted by Crippen LogP contribution is -2.14. The lowest BCUT2D eigenvalue weighted by Gasteiger charge is -2.11. The first-order chi connectivity index (χ1) is 14.5. The fourth-order valence-electron chi connectivity index (χ4n) is 2.61. The van der Waals surface area contributed by atoms with Crippen molar-refractivity contribution in [3.05, 3.63) is 98.7 Å². The molecular weight excluding hydrogens is 471 g/mol. The molecule has 0 heterocycles. The number of anilines is 1. The van der Waals surface area contributed by atoms with Gasteiger partial charge >= 0.3 is 0 Å². The summed E-state index contributed by atoms with van der Waals surface area (Å²) in [5.74, 6) is -0.830. The summed E-state index contributed by atoms with van der Waals surface area (Å²) in [6.07, 6.45) is 1.40. The van der Waals surface area contributed by atoms with Crippen molar-refractivity contribution in [3.63, 3.8) is 0 Å². The summed E-state index contributed by atoms with van der Waals surface area (Å²) in [6.45, 7) is 0.256. The van der Waals surface area contributed by atoms with Crippen LogP contribution in [-0.2, 0) is 11.4 Å². The van der Waals surface area contributed by atoms with Crippen molar-refractivity contribution in [2.75, 3.05) is 5.32 Å². The van der Waals surface area contributed by atoms with Crippen LogP contribution in [0.25, 0.3) is 6.08 Å². The molecule has 0 spiro atoms. The molecule has 4 nitrogen and oxygen atoms in total. The summed E-state index contributed by atoms with van der Waals surface area (Å²) in [7, 11) is 0. The Morgan fingerprint density at radius 3 is 2.70 bits per heavy atom. The van der Waals surface area contributed by atoms with Crippen molar-refractivity contribution in [2.45, 2.75) is 6.61 Å². The van der Waals surface area contributed by atoms with Gasteiger partial charge in [0.2, 0.25) is 0 Å². The van der Waals surface area contributed by atoms with Crippen LogP contribution in [0.3, 0.4) is 0 Å². The summed E-state index contributed by atoms with van der Waals surface area (Å²) < 4.78 is 20.4. The molecule has 0 aliphatic rings. The first-order valence-corrected chi connectivity index (χ1v) is 9.98. The van der Waals surface area contributed by atoms with Gasteiger partial charge in [0.05, 0.1) is 5.69 Å². The second kappa shape index (κ2) is 10.1. The molecule has 1 N–H and O–H groups in total. The van der Waals surface area contributed by atoms with Crippen LogP contribution in [0.15, 0.2) is 76.8 Å². The van der Waals surface area contributed by atoms with E-state index in [4.69, 9.17) is 16.3 Å². The quantitative estimate of drug-likeness (QED) is 0.326. The van der Waals surface area contributed by atoms with Gasteiger partial charge in [0.1, 0.15) is 29.8 Å². The van der Waals surface area contributed by atoms with Crippen molar-refractivity contribution in [3.8, 4) is 11.8 Å². The van der Waals surface area contributed by atoms with Gasteiger partial charge in [-0.25, -0.2) is 4.39 Å². The van der Waals surface area contributed by atoms with Gasteiger partial charge in [-0.1, -0.05) is 51.8 Å². The number of halogens is 3. The molecule has 7 heteroatoms. The van der Waals surface area contributed by atoms with E-state index >= 15 is 0 Å². The number of carbonyl (C=O) groups excluding carboxylic acids is 1. The van der Waals surface area contributed by atoms with E-state index in [2.05, 4.69) is 21.2 Å². The molecule has 1 amide bonds. The van der Waals surface area contributed by atoms with E-state index in [9.17, 15) is 14.4 Å². The minimum absolute atomic E-state index is 0.00433. The van der Waals surface area contributed by atoms with Crippen LogP contribution < -0.4 is 10.1 Å². The number of hydrogen-bond donors (Lipinski definition) is 1. The smallest absolute Gasteiger partial charge is 0.266 e. The molecule has 0 saturated carbocycles. The number of ether oxygens (including phenoxy) is 1. The normalized spacial score (nSPS) is 10.9. The molecule has 0 atom stereocenters. The SMILES string of the molecule is N#C/C(=C\c1cc(Br)ccc1OCc1cccc(Cl)c1)C(=O)Nc1ccccc1F. The summed E-state index contributed by atoms with van der Waals surface area (Å²) in [4.78, 5) is 12.5. The molecule has 0 aliphatic carbocycles. The predicted octanol–water partition coefficient (Wildman–Crippen LogP) is 6.37. The summed E-state index contributed by atoms with van der Waals surface area (Å²) in [6, 6.07) is 20.1. The molecule has 0 bridgehead atoms. The number of benzene rings is 3. The monoisotopic (exact) mass is 484 g/mol. The van der Waals surface area contributed by atoms with Crippen LogP contribution in [0, 0.1) is 17.1 Å². The first-order valence-electron chi connectivity index (χ1n) is 8.81. The third-order valence-electron chi connectivity index (χ3n) is 4.04. The molecule has 30 heavy (non-hydrogen) atoms. The predicted molar refractivity (Wildman–Crippen MR) is 119 cm³/mol. The van der Waals surface area contributed by atoms with Gasteiger partial charge in [-0.3, -0.25) is 4.79 Å². The molecule has 0 aliphatic heterocycles. The standard InChI is InChI=1S/C23H15BrClFN2O2/c24-18-8-9-22(30-14-15-4-3-5-19(25)10-15)16(12-18)11-17(13-27)23(29)28-21-7-2-1-6-20(21)26/h1-12H,14H2,(H,28,29)/b17-11+. The Hall–Kier alpha value is -3.14. The van der Waals surface area contributed by atoms with Crippen LogP contribution in [0.5, 0.6) is 5.75 Å². The highest BCUT2D eigenvalue weighted by atomic mass is 79.9. The number of nitrogens with one attached hydrogen (secondary N) is 1. The van der Waals surface area contributed by atoms with Crippen LogP contribution in [0.2, 0.25) is 5.02 Å². The Labute approximate surface area is 186 Å². The van der Waals surface area contributed by atoms with E-state index in [0.717, 1.165) is 10.0 Å². The van der Waals surface area contributed by atoms with E-state index in [-0.39, 0.29) is 17.9 Å². The Bertz CT molecular complexity index is 1160. The molecular formula is C23H15BrClFN2O2. The van der Waals surface area contributed by atoms with Crippen LogP contribution in [0.4, 0.5) is 10.1 Å². The number of nitrogens with zero attached hydrogens (tertiary/aromatic N) is 1. The zero-order chi connectivity index (χ0) is 21.5. The average molecular weight is 486 g/mol. The maximum Gasteiger partial charge on any atom is 0.266 e. The van der Waals surface area contributed by atoms with E-state index in [0.29, 0.717) is 16.3 Å². The van der Waals surface area contributed by atoms with E-state index in [1.165, 1.54) is 24.3 Å². The summed E-state index contributed by atoms with van der Waals surface area (Å²) in [5, 5.41) is 12.5. The fraction of sp³-hybridized carbons (Fsp3) is 0.0435. The molecule has 3 rings (SSSR count). The van der Waals surface area contributed by atoms with Crippen molar-refractivity contribution in [1.82, 2.24) is 0 Å².